The van der Waals surface area contributed by atoms with Crippen LogP contribution in [0, 0.1) is 0 Å². The monoisotopic (exact) mass is 498 g/mol. The van der Waals surface area contributed by atoms with E-state index < -0.39 is 6.17 Å². The van der Waals surface area contributed by atoms with E-state index in [0.29, 0.717) is 39.4 Å². The van der Waals surface area contributed by atoms with Gasteiger partial charge in [-0.15, -0.1) is 11.7 Å². The molecule has 0 fully saturated rings. The van der Waals surface area contributed by atoms with Crippen molar-refractivity contribution < 1.29 is 14.3 Å². The van der Waals surface area contributed by atoms with Crippen molar-refractivity contribution in [2.45, 2.75) is 19.5 Å². The van der Waals surface area contributed by atoms with Crippen LogP contribution in [0.2, 0.25) is 0 Å². The Kier molecular flexibility index (Phi) is 6.24. The third-order valence-corrected chi connectivity index (χ3v) is 5.96. The second kappa shape index (κ2) is 9.07. The number of halogens is 1. The molecule has 2 aromatic rings. The summed E-state index contributed by atoms with van der Waals surface area (Å²) in [5.41, 5.74) is 1.25. The Hall–Kier alpha value is -2.91. The Bertz CT molecular complexity index is 1210. The van der Waals surface area contributed by atoms with Crippen molar-refractivity contribution in [2.24, 2.45) is 10.1 Å². The number of ether oxygens (including phenoxy) is 1. The van der Waals surface area contributed by atoms with Crippen molar-refractivity contribution in [3.63, 3.8) is 0 Å². The normalized spacial score (nSPS) is 17.0. The van der Waals surface area contributed by atoms with E-state index in [9.17, 15) is 9.59 Å². The highest BCUT2D eigenvalue weighted by atomic mass is 79.9. The van der Waals surface area contributed by atoms with Gasteiger partial charge in [0.15, 0.2) is 11.3 Å². The standard InChI is InChI=1S/C22H19BrN4O3S/c1-3-11-31-22-25-21(29)19-16-12-14(23)7-10-17(16)24-20(27(19)26-22)13-5-8-15(9-6-13)30-18(28)4-2/h3,5-10,12,20H,1,4,11H2,2H3,(H,25,26,29)/t20-/m1/s1. The molecule has 0 aromatic heterocycles. The fourth-order valence-electron chi connectivity index (χ4n) is 3.18. The molecule has 0 radical (unpaired) electrons. The van der Waals surface area contributed by atoms with Crippen LogP contribution in [0.25, 0.3) is 5.70 Å². The van der Waals surface area contributed by atoms with Crippen molar-refractivity contribution in [1.82, 2.24) is 10.3 Å². The zero-order chi connectivity index (χ0) is 22.0. The molecule has 158 valence electrons. The molecular weight excluding hydrogens is 480 g/mol. The number of nitrogens with zero attached hydrogens (tertiary/aromatic N) is 3. The summed E-state index contributed by atoms with van der Waals surface area (Å²) in [6.07, 6.45) is 1.51. The van der Waals surface area contributed by atoms with Gasteiger partial charge >= 0.3 is 5.97 Å². The molecule has 0 unspecified atom stereocenters. The Morgan fingerprint density at radius 2 is 2.10 bits per heavy atom. The number of benzene rings is 2. The molecule has 2 aliphatic rings. The predicted molar refractivity (Wildman–Crippen MR) is 124 cm³/mol. The zero-order valence-corrected chi connectivity index (χ0v) is 19.1. The Morgan fingerprint density at radius 3 is 2.81 bits per heavy atom. The van der Waals surface area contributed by atoms with E-state index in [0.717, 1.165) is 10.0 Å². The Morgan fingerprint density at radius 1 is 1.32 bits per heavy atom. The molecule has 1 atom stereocenters. The maximum atomic E-state index is 13.0. The van der Waals surface area contributed by atoms with Crippen LogP contribution in [0.5, 0.6) is 5.75 Å². The maximum absolute atomic E-state index is 13.0. The summed E-state index contributed by atoms with van der Waals surface area (Å²) in [4.78, 5) is 29.4. The lowest BCUT2D eigenvalue weighted by Gasteiger charge is -2.34. The average molecular weight is 499 g/mol. The number of nitrogens with one attached hydrogen (secondary N) is 1. The summed E-state index contributed by atoms with van der Waals surface area (Å²) in [5, 5.41) is 11.1. The third kappa shape index (κ3) is 4.42. The number of carbonyl (C=O) groups is 2. The van der Waals surface area contributed by atoms with Crippen LogP contribution in [0.15, 0.2) is 69.7 Å². The minimum atomic E-state index is -0.537. The number of rotatable bonds is 5. The topological polar surface area (TPSA) is 83.4 Å². The molecule has 2 heterocycles. The molecule has 0 saturated carbocycles. The van der Waals surface area contributed by atoms with E-state index in [-0.39, 0.29) is 11.9 Å². The molecule has 2 aliphatic heterocycles. The summed E-state index contributed by atoms with van der Waals surface area (Å²) in [7, 11) is 0. The minimum Gasteiger partial charge on any atom is -0.427 e. The van der Waals surface area contributed by atoms with Crippen molar-refractivity contribution in [2.75, 3.05) is 5.75 Å². The first-order chi connectivity index (χ1) is 15.0. The molecule has 0 saturated heterocycles. The first-order valence-corrected chi connectivity index (χ1v) is 11.4. The van der Waals surface area contributed by atoms with Crippen LogP contribution >= 0.6 is 27.7 Å². The number of hydrogen-bond donors (Lipinski definition) is 1. The first kappa shape index (κ1) is 21.3. The van der Waals surface area contributed by atoms with Gasteiger partial charge in [-0.05, 0) is 35.9 Å². The average Bonchev–Trinajstić information content (AvgIpc) is 2.77. The number of fused-ring (bicyclic) bond motifs is 2. The summed E-state index contributed by atoms with van der Waals surface area (Å²) < 4.78 is 6.11. The molecule has 7 nitrogen and oxygen atoms in total. The molecule has 1 amide bonds. The van der Waals surface area contributed by atoms with Gasteiger partial charge in [0.05, 0.1) is 5.36 Å². The molecule has 2 aromatic carbocycles. The predicted octanol–water partition coefficient (Wildman–Crippen LogP) is 2.83. The van der Waals surface area contributed by atoms with E-state index in [2.05, 4.69) is 32.9 Å². The zero-order valence-electron chi connectivity index (χ0n) is 16.7. The number of hydrazone groups is 1. The van der Waals surface area contributed by atoms with Crippen LogP contribution in [0.1, 0.15) is 25.1 Å². The fourth-order valence-corrected chi connectivity index (χ4v) is 4.13. The lowest BCUT2D eigenvalue weighted by molar-refractivity contribution is -0.134. The van der Waals surface area contributed by atoms with Crippen molar-refractivity contribution >= 4 is 50.4 Å². The minimum absolute atomic E-state index is 0.241. The lowest BCUT2D eigenvalue weighted by atomic mass is 10.1. The van der Waals surface area contributed by atoms with E-state index >= 15 is 0 Å². The van der Waals surface area contributed by atoms with Crippen molar-refractivity contribution in [1.29, 1.82) is 0 Å². The molecular formula is C22H19BrN4O3S. The van der Waals surface area contributed by atoms with Gasteiger partial charge in [-0.3, -0.25) is 19.9 Å². The van der Waals surface area contributed by atoms with Gasteiger partial charge in [0, 0.05) is 21.9 Å². The smallest absolute Gasteiger partial charge is 0.310 e. The molecule has 4 rings (SSSR count). The number of esters is 1. The summed E-state index contributed by atoms with van der Waals surface area (Å²) in [5.74, 6) is 0.534. The Labute approximate surface area is 191 Å². The van der Waals surface area contributed by atoms with Crippen LogP contribution in [-0.4, -0.2) is 27.8 Å². The molecule has 9 heteroatoms. The Balaban J connectivity index is 1.80. The highest BCUT2D eigenvalue weighted by molar-refractivity contribution is 9.10. The SMILES string of the molecule is C=CCSC1=NN2C(=c3cc(Br)ccc3=N[C@H]2c2ccc(OC(=O)CC)cc2)C(=O)N1. The number of carbonyl (C=O) groups excluding carboxylic acids is 2. The van der Waals surface area contributed by atoms with E-state index in [4.69, 9.17) is 9.73 Å². The van der Waals surface area contributed by atoms with E-state index in [1.165, 1.54) is 11.8 Å². The largest absolute Gasteiger partial charge is 0.427 e. The van der Waals surface area contributed by atoms with Gasteiger partial charge < -0.3 is 4.74 Å². The summed E-state index contributed by atoms with van der Waals surface area (Å²) in [6.45, 7) is 5.46. The molecule has 31 heavy (non-hydrogen) atoms. The molecule has 0 aliphatic carbocycles. The van der Waals surface area contributed by atoms with Crippen LogP contribution in [-0.2, 0) is 9.59 Å². The first-order valence-electron chi connectivity index (χ1n) is 9.61. The van der Waals surface area contributed by atoms with Gasteiger partial charge in [0.2, 0.25) is 0 Å². The highest BCUT2D eigenvalue weighted by Crippen LogP contribution is 2.31. The van der Waals surface area contributed by atoms with Crippen LogP contribution in [0.4, 0.5) is 0 Å². The van der Waals surface area contributed by atoms with Gasteiger partial charge in [-0.2, -0.15) is 0 Å². The number of amides is 1. The number of amidine groups is 1. The highest BCUT2D eigenvalue weighted by Gasteiger charge is 2.34. The second-order valence-corrected chi connectivity index (χ2v) is 8.64. The summed E-state index contributed by atoms with van der Waals surface area (Å²) in [6, 6.07) is 12.7. The van der Waals surface area contributed by atoms with E-state index in [1.54, 1.807) is 30.1 Å². The van der Waals surface area contributed by atoms with Gasteiger partial charge in [0.1, 0.15) is 11.4 Å². The number of thioether (sulfide) groups is 1. The molecule has 1 N–H and O–H groups in total. The van der Waals surface area contributed by atoms with Crippen molar-refractivity contribution in [3.8, 4) is 5.75 Å². The van der Waals surface area contributed by atoms with Gasteiger partial charge in [-0.1, -0.05) is 52.8 Å². The number of hydrogen-bond acceptors (Lipinski definition) is 7. The van der Waals surface area contributed by atoms with Crippen molar-refractivity contribution in [3.05, 3.63) is 75.7 Å². The molecule has 0 spiro atoms. The quantitative estimate of drug-likeness (QED) is 0.389. The third-order valence-electron chi connectivity index (χ3n) is 4.61. The van der Waals surface area contributed by atoms with Gasteiger partial charge in [-0.25, -0.2) is 5.01 Å². The van der Waals surface area contributed by atoms with Crippen LogP contribution in [0.3, 0.4) is 0 Å². The second-order valence-electron chi connectivity index (χ2n) is 6.71. The molecule has 0 bridgehead atoms. The van der Waals surface area contributed by atoms with Gasteiger partial charge in [0.25, 0.3) is 5.91 Å². The maximum Gasteiger partial charge on any atom is 0.310 e. The van der Waals surface area contributed by atoms with Crippen LogP contribution < -0.4 is 20.6 Å². The van der Waals surface area contributed by atoms with E-state index in [1.807, 2.05) is 30.3 Å². The summed E-state index contributed by atoms with van der Waals surface area (Å²) >= 11 is 4.86. The fraction of sp³-hybridized carbons (Fsp3) is 0.182. The lowest BCUT2D eigenvalue weighted by Crippen LogP contribution is -2.50.